The van der Waals surface area contributed by atoms with E-state index >= 15 is 0 Å². The topological polar surface area (TPSA) is 49.6 Å². The first-order valence-corrected chi connectivity index (χ1v) is 7.11. The van der Waals surface area contributed by atoms with Crippen LogP contribution in [0.1, 0.15) is 37.7 Å². The lowest BCUT2D eigenvalue weighted by Crippen LogP contribution is -2.41. The van der Waals surface area contributed by atoms with Gasteiger partial charge in [-0.05, 0) is 25.0 Å². The van der Waals surface area contributed by atoms with Gasteiger partial charge in [0.25, 0.3) is 0 Å². The van der Waals surface area contributed by atoms with Gasteiger partial charge in [-0.1, -0.05) is 25.3 Å². The Bertz CT molecular complexity index is 543. The summed E-state index contributed by atoms with van der Waals surface area (Å²) in [6, 6.07) is 6.07. The standard InChI is InChI=1S/C15H21N3O/c19-15(7-3-1-4-8-15)12-16-10-13-11-17-18-9-5-2-6-14(13)18/h2,5-6,9,11,16,19H,1,3-4,7-8,10,12H2. The Balaban J connectivity index is 1.60. The molecule has 2 aromatic rings. The number of nitrogens with zero attached hydrogens (tertiary/aromatic N) is 2. The molecule has 0 amide bonds. The molecule has 0 radical (unpaired) electrons. The molecule has 1 aliphatic rings. The predicted molar refractivity (Wildman–Crippen MR) is 74.9 cm³/mol. The molecule has 2 N–H and O–H groups in total. The third kappa shape index (κ3) is 2.80. The highest BCUT2D eigenvalue weighted by Crippen LogP contribution is 2.27. The molecule has 0 aromatic carbocycles. The minimum atomic E-state index is -0.499. The number of nitrogens with one attached hydrogen (secondary N) is 1. The normalized spacial score (nSPS) is 18.8. The molecule has 4 heteroatoms. The van der Waals surface area contributed by atoms with Crippen molar-refractivity contribution in [2.45, 2.75) is 44.2 Å². The van der Waals surface area contributed by atoms with Gasteiger partial charge < -0.3 is 10.4 Å². The quantitative estimate of drug-likeness (QED) is 0.884. The second-order valence-corrected chi connectivity index (χ2v) is 5.59. The van der Waals surface area contributed by atoms with Gasteiger partial charge in [0, 0.05) is 24.8 Å². The number of hydrogen-bond donors (Lipinski definition) is 2. The Morgan fingerprint density at radius 3 is 2.95 bits per heavy atom. The van der Waals surface area contributed by atoms with E-state index in [0.717, 1.165) is 37.7 Å². The van der Waals surface area contributed by atoms with Gasteiger partial charge in [0.2, 0.25) is 0 Å². The molecule has 0 atom stereocenters. The van der Waals surface area contributed by atoms with Crippen LogP contribution in [0.5, 0.6) is 0 Å². The molecule has 1 saturated carbocycles. The van der Waals surface area contributed by atoms with Crippen molar-refractivity contribution in [2.75, 3.05) is 6.54 Å². The zero-order chi connectivity index (χ0) is 13.1. The summed E-state index contributed by atoms with van der Waals surface area (Å²) in [5, 5.41) is 18.1. The molecule has 19 heavy (non-hydrogen) atoms. The lowest BCUT2D eigenvalue weighted by Gasteiger charge is -2.32. The number of hydrogen-bond acceptors (Lipinski definition) is 3. The summed E-state index contributed by atoms with van der Waals surface area (Å²) >= 11 is 0. The van der Waals surface area contributed by atoms with Crippen LogP contribution in [0.15, 0.2) is 30.6 Å². The summed E-state index contributed by atoms with van der Waals surface area (Å²) in [6.07, 6.45) is 9.25. The van der Waals surface area contributed by atoms with E-state index in [-0.39, 0.29) is 0 Å². The Labute approximate surface area is 113 Å². The smallest absolute Gasteiger partial charge is 0.0771 e. The predicted octanol–water partition coefficient (Wildman–Crippen LogP) is 2.12. The van der Waals surface area contributed by atoms with Gasteiger partial charge in [-0.15, -0.1) is 0 Å². The molecule has 2 aromatic heterocycles. The first-order chi connectivity index (χ1) is 9.27. The van der Waals surface area contributed by atoms with Gasteiger partial charge in [0.15, 0.2) is 0 Å². The van der Waals surface area contributed by atoms with Crippen LogP contribution in [0.25, 0.3) is 5.52 Å². The van der Waals surface area contributed by atoms with E-state index in [9.17, 15) is 5.11 Å². The Hall–Kier alpha value is -1.39. The summed E-state index contributed by atoms with van der Waals surface area (Å²) in [4.78, 5) is 0. The minimum absolute atomic E-state index is 0.499. The van der Waals surface area contributed by atoms with Crippen LogP contribution in [-0.2, 0) is 6.54 Å². The van der Waals surface area contributed by atoms with E-state index in [1.807, 2.05) is 29.0 Å². The average molecular weight is 259 g/mol. The first-order valence-electron chi connectivity index (χ1n) is 7.11. The van der Waals surface area contributed by atoms with Crippen LogP contribution in [0.2, 0.25) is 0 Å². The highest BCUT2D eigenvalue weighted by Gasteiger charge is 2.28. The molecular formula is C15H21N3O. The van der Waals surface area contributed by atoms with Crippen LogP contribution < -0.4 is 5.32 Å². The average Bonchev–Trinajstić information content (AvgIpc) is 2.83. The summed E-state index contributed by atoms with van der Waals surface area (Å²) in [5.74, 6) is 0. The lowest BCUT2D eigenvalue weighted by atomic mass is 9.85. The van der Waals surface area contributed by atoms with Gasteiger partial charge in [0.1, 0.15) is 0 Å². The molecular weight excluding hydrogens is 238 g/mol. The van der Waals surface area contributed by atoms with Crippen molar-refractivity contribution in [1.29, 1.82) is 0 Å². The van der Waals surface area contributed by atoms with E-state index < -0.39 is 5.60 Å². The van der Waals surface area contributed by atoms with Crippen LogP contribution in [0.4, 0.5) is 0 Å². The zero-order valence-electron chi connectivity index (χ0n) is 11.2. The van der Waals surface area contributed by atoms with Gasteiger partial charge in [-0.3, -0.25) is 0 Å². The van der Waals surface area contributed by atoms with E-state index in [1.54, 1.807) is 0 Å². The molecule has 0 aliphatic heterocycles. The van der Waals surface area contributed by atoms with E-state index in [4.69, 9.17) is 0 Å². The summed E-state index contributed by atoms with van der Waals surface area (Å²) in [5.41, 5.74) is 1.81. The first kappa shape index (κ1) is 12.6. The highest BCUT2D eigenvalue weighted by atomic mass is 16.3. The van der Waals surface area contributed by atoms with Crippen molar-refractivity contribution < 1.29 is 5.11 Å². The largest absolute Gasteiger partial charge is 0.389 e. The molecule has 0 saturated heterocycles. The van der Waals surface area contributed by atoms with Gasteiger partial charge >= 0.3 is 0 Å². The summed E-state index contributed by atoms with van der Waals surface area (Å²) in [7, 11) is 0. The molecule has 3 rings (SSSR count). The van der Waals surface area contributed by atoms with E-state index in [0.29, 0.717) is 6.54 Å². The van der Waals surface area contributed by atoms with Crippen LogP contribution in [-0.4, -0.2) is 26.9 Å². The van der Waals surface area contributed by atoms with Crippen LogP contribution in [0, 0.1) is 0 Å². The van der Waals surface area contributed by atoms with Crippen molar-refractivity contribution in [3.05, 3.63) is 36.2 Å². The minimum Gasteiger partial charge on any atom is -0.389 e. The molecule has 0 bridgehead atoms. The van der Waals surface area contributed by atoms with Crippen molar-refractivity contribution in [3.8, 4) is 0 Å². The fourth-order valence-electron chi connectivity index (χ4n) is 2.94. The van der Waals surface area contributed by atoms with Crippen LogP contribution >= 0.6 is 0 Å². The fourth-order valence-corrected chi connectivity index (χ4v) is 2.94. The van der Waals surface area contributed by atoms with Crippen LogP contribution in [0.3, 0.4) is 0 Å². The maximum absolute atomic E-state index is 10.4. The van der Waals surface area contributed by atoms with Crippen molar-refractivity contribution in [2.24, 2.45) is 0 Å². The number of fused-ring (bicyclic) bond motifs is 1. The maximum Gasteiger partial charge on any atom is 0.0771 e. The van der Waals surface area contributed by atoms with Gasteiger partial charge in [-0.25, -0.2) is 4.52 Å². The molecule has 0 spiro atoms. The number of pyridine rings is 1. The number of aromatic nitrogens is 2. The summed E-state index contributed by atoms with van der Waals surface area (Å²) < 4.78 is 1.88. The summed E-state index contributed by atoms with van der Waals surface area (Å²) in [6.45, 7) is 1.44. The van der Waals surface area contributed by atoms with Gasteiger partial charge in [-0.2, -0.15) is 5.10 Å². The number of aliphatic hydroxyl groups is 1. The molecule has 102 valence electrons. The Morgan fingerprint density at radius 1 is 1.26 bits per heavy atom. The third-order valence-corrected chi connectivity index (χ3v) is 4.06. The Kier molecular flexibility index (Phi) is 3.53. The second kappa shape index (κ2) is 5.31. The zero-order valence-corrected chi connectivity index (χ0v) is 11.2. The van der Waals surface area contributed by atoms with E-state index in [1.165, 1.54) is 12.0 Å². The Morgan fingerprint density at radius 2 is 2.11 bits per heavy atom. The monoisotopic (exact) mass is 259 g/mol. The van der Waals surface area contributed by atoms with Crippen molar-refractivity contribution in [3.63, 3.8) is 0 Å². The third-order valence-electron chi connectivity index (χ3n) is 4.06. The molecule has 1 fully saturated rings. The molecule has 4 nitrogen and oxygen atoms in total. The molecule has 2 heterocycles. The maximum atomic E-state index is 10.4. The highest BCUT2D eigenvalue weighted by molar-refractivity contribution is 5.53. The number of rotatable bonds is 4. The van der Waals surface area contributed by atoms with Gasteiger partial charge in [0.05, 0.1) is 17.3 Å². The SMILES string of the molecule is OC1(CNCc2cnn3ccccc23)CCCCC1. The molecule has 0 unspecified atom stereocenters. The second-order valence-electron chi connectivity index (χ2n) is 5.59. The van der Waals surface area contributed by atoms with Crippen molar-refractivity contribution >= 4 is 5.52 Å². The fraction of sp³-hybridized carbons (Fsp3) is 0.533. The lowest BCUT2D eigenvalue weighted by molar-refractivity contribution is 0.00469. The van der Waals surface area contributed by atoms with Crippen molar-refractivity contribution in [1.82, 2.24) is 14.9 Å². The molecule has 1 aliphatic carbocycles. The van der Waals surface area contributed by atoms with E-state index in [2.05, 4.69) is 16.5 Å².